The van der Waals surface area contributed by atoms with E-state index in [0.29, 0.717) is 0 Å². The molecule has 1 aliphatic heterocycles. The van der Waals surface area contributed by atoms with Crippen LogP contribution in [0, 0.1) is 0 Å². The van der Waals surface area contributed by atoms with Gasteiger partial charge in [-0.25, -0.2) is 11.4 Å². The number of hydrazine groups is 1. The van der Waals surface area contributed by atoms with Crippen molar-refractivity contribution in [3.63, 3.8) is 0 Å². The van der Waals surface area contributed by atoms with E-state index >= 15 is 0 Å². The Morgan fingerprint density at radius 2 is 1.92 bits per heavy atom. The van der Waals surface area contributed by atoms with Crippen molar-refractivity contribution in [2.24, 2.45) is 10.9 Å². The number of nitrogens with one attached hydrogen (secondary N) is 1. The van der Waals surface area contributed by atoms with Crippen LogP contribution >= 0.6 is 0 Å². The number of piperazine rings is 1. The highest BCUT2D eigenvalue weighted by Crippen LogP contribution is 2.03. The predicted molar refractivity (Wildman–Crippen MR) is 49.2 cm³/mol. The highest BCUT2D eigenvalue weighted by molar-refractivity contribution is 5.54. The lowest BCUT2D eigenvalue weighted by Crippen LogP contribution is -3.00. The van der Waals surface area contributed by atoms with Crippen LogP contribution in [0.25, 0.3) is 0 Å². The van der Waals surface area contributed by atoms with Crippen molar-refractivity contribution in [1.82, 2.24) is 10.4 Å². The first-order valence-corrected chi connectivity index (χ1v) is 4.19. The van der Waals surface area contributed by atoms with Gasteiger partial charge in [0.05, 0.1) is 40.3 Å². The van der Waals surface area contributed by atoms with Gasteiger partial charge in [-0.2, -0.15) is 5.10 Å². The van der Waals surface area contributed by atoms with Gasteiger partial charge in [-0.05, 0) is 0 Å². The molecular formula is C7H18ClN5. The normalized spacial score (nSPS) is 21.3. The number of hydrogen-bond donors (Lipinski definition) is 2. The molecule has 78 valence electrons. The Kier molecular flexibility index (Phi) is 5.05. The summed E-state index contributed by atoms with van der Waals surface area (Å²) in [6, 6.07) is 0. The standard InChI is InChI=1S/C7H18N5.ClH/c1-12(2)5-3-11(4-6-12)7-9-10-8;/h7,10H,3-6,8H2,1-2H3;1H/q+1;/p-1. The van der Waals surface area contributed by atoms with E-state index in [1.54, 1.807) is 6.34 Å². The van der Waals surface area contributed by atoms with Crippen LogP contribution < -0.4 is 23.8 Å². The summed E-state index contributed by atoms with van der Waals surface area (Å²) in [5, 5.41) is 3.76. The molecule has 0 bridgehead atoms. The number of hydrogen-bond acceptors (Lipinski definition) is 3. The molecule has 0 amide bonds. The summed E-state index contributed by atoms with van der Waals surface area (Å²) in [6.07, 6.45) is 1.76. The fourth-order valence-corrected chi connectivity index (χ4v) is 1.25. The molecule has 1 aliphatic rings. The molecule has 5 nitrogen and oxygen atoms in total. The minimum absolute atomic E-state index is 0. The van der Waals surface area contributed by atoms with Crippen LogP contribution in [0.3, 0.4) is 0 Å². The maximum atomic E-state index is 5.02. The van der Waals surface area contributed by atoms with Gasteiger partial charge in [0.2, 0.25) is 0 Å². The molecule has 1 rings (SSSR count). The van der Waals surface area contributed by atoms with Gasteiger partial charge in [0.1, 0.15) is 6.34 Å². The third kappa shape index (κ3) is 4.31. The SMILES string of the molecule is C[N+]1(C)CCN(C=NNN)CC1.[Cl-]. The van der Waals surface area contributed by atoms with Gasteiger partial charge in [-0.1, -0.05) is 0 Å². The van der Waals surface area contributed by atoms with Gasteiger partial charge >= 0.3 is 0 Å². The minimum atomic E-state index is 0. The topological polar surface area (TPSA) is 53.6 Å². The number of hydrazone groups is 1. The molecular weight excluding hydrogens is 190 g/mol. The van der Waals surface area contributed by atoms with Crippen molar-refractivity contribution in [2.45, 2.75) is 0 Å². The molecule has 0 aromatic carbocycles. The summed E-state index contributed by atoms with van der Waals surface area (Å²) in [5.74, 6) is 5.02. The zero-order valence-electron chi connectivity index (χ0n) is 8.20. The minimum Gasteiger partial charge on any atom is -1.00 e. The van der Waals surface area contributed by atoms with Gasteiger partial charge in [0.25, 0.3) is 0 Å². The second-order valence-electron chi connectivity index (χ2n) is 3.79. The van der Waals surface area contributed by atoms with Crippen molar-refractivity contribution in [1.29, 1.82) is 0 Å². The van der Waals surface area contributed by atoms with Crippen LogP contribution in [0.5, 0.6) is 0 Å². The smallest absolute Gasteiger partial charge is 0.113 e. The first-order chi connectivity index (χ1) is 5.64. The van der Waals surface area contributed by atoms with Gasteiger partial charge in [-0.3, -0.25) is 0 Å². The molecule has 1 fully saturated rings. The van der Waals surface area contributed by atoms with Crippen molar-refractivity contribution >= 4 is 6.34 Å². The predicted octanol–water partition coefficient (Wildman–Crippen LogP) is -4.21. The molecule has 1 heterocycles. The van der Waals surface area contributed by atoms with E-state index in [2.05, 4.69) is 29.6 Å². The number of nitrogens with two attached hydrogens (primary N) is 1. The zero-order chi connectivity index (χ0) is 9.03. The Morgan fingerprint density at radius 3 is 2.38 bits per heavy atom. The van der Waals surface area contributed by atoms with Gasteiger partial charge in [-0.15, -0.1) is 0 Å². The lowest BCUT2D eigenvalue weighted by molar-refractivity contribution is -0.893. The third-order valence-electron chi connectivity index (χ3n) is 2.28. The molecule has 0 spiro atoms. The van der Waals surface area contributed by atoms with Crippen molar-refractivity contribution in [3.05, 3.63) is 0 Å². The van der Waals surface area contributed by atoms with Crippen LogP contribution in [0.2, 0.25) is 0 Å². The monoisotopic (exact) mass is 207 g/mol. The number of likely N-dealkylation sites (N-methyl/N-ethyl adjacent to an activating group) is 1. The van der Waals surface area contributed by atoms with E-state index in [0.717, 1.165) is 30.7 Å². The quantitative estimate of drug-likeness (QED) is 0.159. The average Bonchev–Trinajstić information content (AvgIpc) is 2.03. The maximum Gasteiger partial charge on any atom is 0.113 e. The summed E-state index contributed by atoms with van der Waals surface area (Å²) < 4.78 is 1.10. The van der Waals surface area contributed by atoms with Crippen molar-refractivity contribution < 1.29 is 16.9 Å². The number of rotatable bonds is 2. The molecule has 6 heteroatoms. The van der Waals surface area contributed by atoms with Crippen LogP contribution in [-0.2, 0) is 0 Å². The first-order valence-electron chi connectivity index (χ1n) is 4.19. The highest BCUT2D eigenvalue weighted by Gasteiger charge is 2.22. The van der Waals surface area contributed by atoms with Crippen molar-refractivity contribution in [3.8, 4) is 0 Å². The van der Waals surface area contributed by atoms with E-state index in [1.807, 2.05) is 0 Å². The van der Waals surface area contributed by atoms with Crippen LogP contribution in [-0.4, -0.2) is 56.0 Å². The summed E-state index contributed by atoms with van der Waals surface area (Å²) in [5.41, 5.74) is 2.26. The number of nitrogens with zero attached hydrogens (tertiary/aromatic N) is 3. The lowest BCUT2D eigenvalue weighted by atomic mass is 10.3. The number of quaternary nitrogens is 1. The molecule has 0 aromatic heterocycles. The fourth-order valence-electron chi connectivity index (χ4n) is 1.25. The van der Waals surface area contributed by atoms with Gasteiger partial charge < -0.3 is 21.8 Å². The Labute approximate surface area is 85.5 Å². The highest BCUT2D eigenvalue weighted by atomic mass is 35.5. The zero-order valence-corrected chi connectivity index (χ0v) is 8.96. The lowest BCUT2D eigenvalue weighted by Gasteiger charge is -2.38. The second-order valence-corrected chi connectivity index (χ2v) is 3.79. The van der Waals surface area contributed by atoms with Crippen LogP contribution in [0.4, 0.5) is 0 Å². The molecule has 3 N–H and O–H groups in total. The van der Waals surface area contributed by atoms with Crippen molar-refractivity contribution in [2.75, 3.05) is 40.3 Å². The first kappa shape index (κ1) is 12.5. The largest absolute Gasteiger partial charge is 1.00 e. The van der Waals surface area contributed by atoms with E-state index in [-0.39, 0.29) is 12.4 Å². The van der Waals surface area contributed by atoms with E-state index in [9.17, 15) is 0 Å². The average molecular weight is 208 g/mol. The third-order valence-corrected chi connectivity index (χ3v) is 2.28. The number of halogens is 1. The Morgan fingerprint density at radius 1 is 1.38 bits per heavy atom. The summed E-state index contributed by atoms with van der Waals surface area (Å²) in [7, 11) is 4.49. The molecule has 0 saturated carbocycles. The molecule has 1 saturated heterocycles. The molecule has 0 radical (unpaired) electrons. The van der Waals surface area contributed by atoms with E-state index in [1.165, 1.54) is 0 Å². The Balaban J connectivity index is 0.00000144. The second kappa shape index (κ2) is 5.26. The fraction of sp³-hybridized carbons (Fsp3) is 0.857. The summed E-state index contributed by atoms with van der Waals surface area (Å²) >= 11 is 0. The van der Waals surface area contributed by atoms with Crippen LogP contribution in [0.15, 0.2) is 5.10 Å². The summed E-state index contributed by atoms with van der Waals surface area (Å²) in [6.45, 7) is 4.43. The maximum absolute atomic E-state index is 5.02. The van der Waals surface area contributed by atoms with Gasteiger partial charge in [0.15, 0.2) is 0 Å². The summed E-state index contributed by atoms with van der Waals surface area (Å²) in [4.78, 5) is 2.17. The van der Waals surface area contributed by atoms with Crippen LogP contribution in [0.1, 0.15) is 0 Å². The Hall–Kier alpha value is -0.520. The van der Waals surface area contributed by atoms with Gasteiger partial charge in [0, 0.05) is 0 Å². The molecule has 0 unspecified atom stereocenters. The molecule has 13 heavy (non-hydrogen) atoms. The van der Waals surface area contributed by atoms with E-state index in [4.69, 9.17) is 5.84 Å². The molecule has 0 aromatic rings. The Bertz CT molecular complexity index is 160. The van der Waals surface area contributed by atoms with E-state index < -0.39 is 0 Å². The molecule has 0 atom stereocenters. The molecule has 0 aliphatic carbocycles.